The number of hydrogen-bond acceptors (Lipinski definition) is 6. The number of rotatable bonds is 14. The van der Waals surface area contributed by atoms with E-state index in [1.807, 2.05) is 32.3 Å². The van der Waals surface area contributed by atoms with Gasteiger partial charge in [-0.15, -0.1) is 0 Å². The van der Waals surface area contributed by atoms with E-state index in [4.69, 9.17) is 14.2 Å². The van der Waals surface area contributed by atoms with Gasteiger partial charge in [-0.05, 0) is 80.0 Å². The predicted octanol–water partition coefficient (Wildman–Crippen LogP) is 6.74. The number of nitrogens with one attached hydrogen (secondary N) is 1. The van der Waals surface area contributed by atoms with Gasteiger partial charge in [0.15, 0.2) is 0 Å². The summed E-state index contributed by atoms with van der Waals surface area (Å²) in [6.07, 6.45) is 14.0. The lowest BCUT2D eigenvalue weighted by Gasteiger charge is -2.58. The third-order valence-electron chi connectivity index (χ3n) is 8.49. The Morgan fingerprint density at radius 1 is 1.02 bits per heavy atom. The molecule has 2 saturated heterocycles. The summed E-state index contributed by atoms with van der Waals surface area (Å²) in [5.74, 6) is 0.737. The van der Waals surface area contributed by atoms with E-state index in [2.05, 4.69) is 79.0 Å². The normalized spacial score (nSPS) is 18.6. The first kappa shape index (κ1) is 32.2. The number of benzene rings is 1. The van der Waals surface area contributed by atoms with Crippen LogP contribution in [0, 0.1) is 19.3 Å². The first-order chi connectivity index (χ1) is 20.4. The van der Waals surface area contributed by atoms with Crippen LogP contribution in [-0.4, -0.2) is 74.6 Å². The molecule has 228 valence electrons. The van der Waals surface area contributed by atoms with E-state index < -0.39 is 0 Å². The van der Waals surface area contributed by atoms with Crippen LogP contribution in [0.3, 0.4) is 0 Å². The van der Waals surface area contributed by atoms with Crippen LogP contribution >= 0.6 is 0 Å². The van der Waals surface area contributed by atoms with E-state index in [1.54, 1.807) is 0 Å². The third kappa shape index (κ3) is 8.41. The van der Waals surface area contributed by atoms with Gasteiger partial charge in [0.25, 0.3) is 0 Å². The Morgan fingerprint density at radius 3 is 2.48 bits per heavy atom. The second-order valence-corrected chi connectivity index (χ2v) is 11.7. The van der Waals surface area contributed by atoms with Gasteiger partial charge in [0, 0.05) is 69.3 Å². The summed E-state index contributed by atoms with van der Waals surface area (Å²) in [7, 11) is 0. The molecule has 0 unspecified atom stereocenters. The highest BCUT2D eigenvalue weighted by atomic mass is 16.5. The van der Waals surface area contributed by atoms with Crippen LogP contribution in [0.5, 0.6) is 0 Å². The average Bonchev–Trinajstić information content (AvgIpc) is 2.92. The van der Waals surface area contributed by atoms with Crippen molar-refractivity contribution >= 4 is 5.57 Å². The summed E-state index contributed by atoms with van der Waals surface area (Å²) >= 11 is 0. The van der Waals surface area contributed by atoms with Gasteiger partial charge in [-0.1, -0.05) is 50.8 Å². The first-order valence-corrected chi connectivity index (χ1v) is 15.8. The number of aromatic nitrogens is 1. The van der Waals surface area contributed by atoms with Crippen molar-refractivity contribution in [2.45, 2.75) is 66.1 Å². The fourth-order valence-corrected chi connectivity index (χ4v) is 6.08. The Labute approximate surface area is 253 Å². The fraction of sp³-hybridized carbons (Fsp3) is 0.528. The highest BCUT2D eigenvalue weighted by Gasteiger charge is 2.53. The standard InChI is InChI=1S/C34H45N3O3.C2H6/c1-5-28(29-9-10-32(26(3)17-29)33-22-35-12-11-25(33)2)8-7-27(4)40-30-18-34(19-30)23-37(24-34)13-16-38-14-6-15-39-31-20-36-21-31;1-2/h5,7-12,17,22,30-31,36H,4,6,13-16,18-21,23-24H2,1-3H3;1-2H3/b8-7-,28-5+;. The molecule has 42 heavy (non-hydrogen) atoms. The first-order valence-electron chi connectivity index (χ1n) is 15.8. The summed E-state index contributed by atoms with van der Waals surface area (Å²) in [5.41, 5.74) is 7.68. The molecule has 2 aromatic rings. The van der Waals surface area contributed by atoms with Crippen molar-refractivity contribution in [3.05, 3.63) is 83.9 Å². The van der Waals surface area contributed by atoms with Crippen LogP contribution in [-0.2, 0) is 14.2 Å². The molecule has 0 amide bonds. The van der Waals surface area contributed by atoms with Gasteiger partial charge >= 0.3 is 0 Å². The fourth-order valence-electron chi connectivity index (χ4n) is 6.08. The molecule has 6 nitrogen and oxygen atoms in total. The molecule has 0 bridgehead atoms. The van der Waals surface area contributed by atoms with Gasteiger partial charge in [0.2, 0.25) is 0 Å². The van der Waals surface area contributed by atoms with Crippen molar-refractivity contribution < 1.29 is 14.2 Å². The Kier molecular flexibility index (Phi) is 12.0. The maximum absolute atomic E-state index is 6.19. The smallest absolute Gasteiger partial charge is 0.112 e. The molecule has 0 radical (unpaired) electrons. The second-order valence-electron chi connectivity index (χ2n) is 11.7. The summed E-state index contributed by atoms with van der Waals surface area (Å²) in [6, 6.07) is 8.69. The molecule has 1 spiro atoms. The summed E-state index contributed by atoms with van der Waals surface area (Å²) in [5, 5.41) is 3.22. The lowest BCUT2D eigenvalue weighted by Crippen LogP contribution is -2.64. The van der Waals surface area contributed by atoms with Crippen LogP contribution < -0.4 is 5.32 Å². The molecule has 3 heterocycles. The number of allylic oxidation sites excluding steroid dienone is 4. The van der Waals surface area contributed by atoms with Crippen LogP contribution in [0.15, 0.2) is 67.2 Å². The summed E-state index contributed by atoms with van der Waals surface area (Å²) in [4.78, 5) is 6.82. The minimum Gasteiger partial charge on any atom is -0.491 e. The minimum atomic E-state index is 0.278. The molecule has 1 aliphatic carbocycles. The molecule has 1 aromatic carbocycles. The lowest BCUT2D eigenvalue weighted by atomic mass is 9.62. The Bertz CT molecular complexity index is 1220. The molecule has 1 saturated carbocycles. The summed E-state index contributed by atoms with van der Waals surface area (Å²) in [6.45, 7) is 22.3. The summed E-state index contributed by atoms with van der Waals surface area (Å²) < 4.78 is 17.7. The van der Waals surface area contributed by atoms with Gasteiger partial charge < -0.3 is 19.5 Å². The molecular weight excluding hydrogens is 522 g/mol. The maximum Gasteiger partial charge on any atom is 0.112 e. The van der Waals surface area contributed by atoms with Crippen molar-refractivity contribution in [3.63, 3.8) is 0 Å². The van der Waals surface area contributed by atoms with E-state index in [1.165, 1.54) is 27.8 Å². The highest BCUT2D eigenvalue weighted by Crippen LogP contribution is 2.50. The zero-order valence-corrected chi connectivity index (χ0v) is 26.5. The van der Waals surface area contributed by atoms with Crippen molar-refractivity contribution in [2.24, 2.45) is 5.41 Å². The van der Waals surface area contributed by atoms with E-state index in [0.717, 1.165) is 83.1 Å². The highest BCUT2D eigenvalue weighted by molar-refractivity contribution is 5.78. The number of aryl methyl sites for hydroxylation is 2. The molecule has 3 aliphatic rings. The zero-order valence-electron chi connectivity index (χ0n) is 26.5. The van der Waals surface area contributed by atoms with E-state index in [9.17, 15) is 0 Å². The lowest BCUT2D eigenvalue weighted by molar-refractivity contribution is -0.138. The van der Waals surface area contributed by atoms with Crippen LogP contribution in [0.1, 0.15) is 56.7 Å². The second kappa shape index (κ2) is 15.6. The maximum atomic E-state index is 6.19. The van der Waals surface area contributed by atoms with Gasteiger partial charge in [0.1, 0.15) is 5.76 Å². The number of likely N-dealkylation sites (tertiary alicyclic amines) is 1. The number of nitrogens with zero attached hydrogens (tertiary/aromatic N) is 2. The van der Waals surface area contributed by atoms with E-state index in [-0.39, 0.29) is 6.10 Å². The van der Waals surface area contributed by atoms with E-state index >= 15 is 0 Å². The molecule has 0 atom stereocenters. The third-order valence-corrected chi connectivity index (χ3v) is 8.49. The van der Waals surface area contributed by atoms with Crippen molar-refractivity contribution in [2.75, 3.05) is 52.5 Å². The molecule has 2 aliphatic heterocycles. The van der Waals surface area contributed by atoms with Crippen molar-refractivity contribution in [1.82, 2.24) is 15.2 Å². The molecule has 3 fully saturated rings. The van der Waals surface area contributed by atoms with Crippen molar-refractivity contribution in [3.8, 4) is 11.1 Å². The van der Waals surface area contributed by atoms with E-state index in [0.29, 0.717) is 11.5 Å². The SMILES string of the molecule is C=C(/C=C\C(=C/C)c1ccc(-c2cnccc2C)c(C)c1)OC1CC2(C1)CN(CCOCCCOC1CNC1)C2.CC. The van der Waals surface area contributed by atoms with Crippen molar-refractivity contribution in [1.29, 1.82) is 0 Å². The Morgan fingerprint density at radius 2 is 1.81 bits per heavy atom. The van der Waals surface area contributed by atoms with Gasteiger partial charge in [0.05, 0.1) is 18.8 Å². The number of pyridine rings is 1. The molecule has 1 aromatic heterocycles. The quantitative estimate of drug-likeness (QED) is 0.153. The average molecular weight is 574 g/mol. The monoisotopic (exact) mass is 573 g/mol. The Hall–Kier alpha value is -2.77. The molecular formula is C36H51N3O3. The van der Waals surface area contributed by atoms with Gasteiger partial charge in [-0.3, -0.25) is 9.88 Å². The number of ether oxygens (including phenoxy) is 3. The largest absolute Gasteiger partial charge is 0.491 e. The van der Waals surface area contributed by atoms with Crippen LogP contribution in [0.2, 0.25) is 0 Å². The molecule has 5 rings (SSSR count). The van der Waals surface area contributed by atoms with Gasteiger partial charge in [-0.2, -0.15) is 0 Å². The number of hydrogen-bond donors (Lipinski definition) is 1. The zero-order chi connectivity index (χ0) is 30.0. The Balaban J connectivity index is 0.00000198. The molecule has 1 N–H and O–H groups in total. The molecule has 6 heteroatoms. The van der Waals surface area contributed by atoms with Crippen LogP contribution in [0.25, 0.3) is 16.7 Å². The minimum absolute atomic E-state index is 0.278. The topological polar surface area (TPSA) is 55.9 Å². The van der Waals surface area contributed by atoms with Crippen LogP contribution in [0.4, 0.5) is 0 Å². The predicted molar refractivity (Wildman–Crippen MR) is 173 cm³/mol. The van der Waals surface area contributed by atoms with Gasteiger partial charge in [-0.25, -0.2) is 0 Å².